The van der Waals surface area contributed by atoms with E-state index in [1.54, 1.807) is 0 Å². The van der Waals surface area contributed by atoms with Crippen LogP contribution in [0.1, 0.15) is 31.9 Å². The van der Waals surface area contributed by atoms with Crippen molar-refractivity contribution in [1.29, 1.82) is 0 Å². The van der Waals surface area contributed by atoms with Gasteiger partial charge in [-0.05, 0) is 46.2 Å². The van der Waals surface area contributed by atoms with Gasteiger partial charge in [-0.1, -0.05) is 51.1 Å². The molecule has 2 aromatic carbocycles. The molecule has 1 aliphatic carbocycles. The van der Waals surface area contributed by atoms with E-state index in [0.717, 1.165) is 12.1 Å². The number of fused-ring (bicyclic) bond motifs is 3. The minimum absolute atomic E-state index is 0.136. The SMILES string of the molecule is CC(C)(C)[C@H](N)C(=O)Nc1ccc2c(c1)Cc1ccccc1-2. The lowest BCUT2D eigenvalue weighted by atomic mass is 9.87. The van der Waals surface area contributed by atoms with Crippen LogP contribution in [0, 0.1) is 5.41 Å². The van der Waals surface area contributed by atoms with Crippen molar-refractivity contribution in [3.05, 3.63) is 53.6 Å². The van der Waals surface area contributed by atoms with Crippen LogP contribution in [0.25, 0.3) is 11.1 Å². The number of hydrogen-bond donors (Lipinski definition) is 2. The highest BCUT2D eigenvalue weighted by atomic mass is 16.2. The van der Waals surface area contributed by atoms with Crippen molar-refractivity contribution in [2.75, 3.05) is 5.32 Å². The number of carbonyl (C=O) groups excluding carboxylic acids is 1. The Labute approximate surface area is 131 Å². The Kier molecular flexibility index (Phi) is 3.53. The maximum absolute atomic E-state index is 12.2. The summed E-state index contributed by atoms with van der Waals surface area (Å²) in [6, 6.07) is 14.0. The lowest BCUT2D eigenvalue weighted by Crippen LogP contribution is -2.45. The zero-order chi connectivity index (χ0) is 15.9. The highest BCUT2D eigenvalue weighted by molar-refractivity contribution is 5.95. The number of anilines is 1. The largest absolute Gasteiger partial charge is 0.325 e. The third kappa shape index (κ3) is 2.64. The van der Waals surface area contributed by atoms with E-state index in [0.29, 0.717) is 0 Å². The highest BCUT2D eigenvalue weighted by Gasteiger charge is 2.27. The van der Waals surface area contributed by atoms with Gasteiger partial charge in [-0.25, -0.2) is 0 Å². The molecule has 3 heteroatoms. The second-order valence-electron chi connectivity index (χ2n) is 7.04. The molecule has 22 heavy (non-hydrogen) atoms. The highest BCUT2D eigenvalue weighted by Crippen LogP contribution is 2.37. The first-order chi connectivity index (χ1) is 10.4. The minimum atomic E-state index is -0.530. The molecule has 1 amide bonds. The molecule has 0 fully saturated rings. The number of hydrogen-bond acceptors (Lipinski definition) is 2. The molecule has 0 spiro atoms. The van der Waals surface area contributed by atoms with Gasteiger partial charge in [0.1, 0.15) is 0 Å². The number of benzene rings is 2. The molecule has 0 aromatic heterocycles. The molecule has 0 heterocycles. The molecule has 0 radical (unpaired) electrons. The van der Waals surface area contributed by atoms with Crippen molar-refractivity contribution in [1.82, 2.24) is 0 Å². The Bertz CT molecular complexity index is 728. The number of amides is 1. The Morgan fingerprint density at radius 1 is 1.09 bits per heavy atom. The Balaban J connectivity index is 1.82. The quantitative estimate of drug-likeness (QED) is 0.759. The second-order valence-corrected chi connectivity index (χ2v) is 7.04. The summed E-state index contributed by atoms with van der Waals surface area (Å²) in [5, 5.41) is 2.94. The topological polar surface area (TPSA) is 55.1 Å². The lowest BCUT2D eigenvalue weighted by molar-refractivity contribution is -0.119. The van der Waals surface area contributed by atoms with Crippen molar-refractivity contribution in [3.8, 4) is 11.1 Å². The Morgan fingerprint density at radius 3 is 2.50 bits per heavy atom. The zero-order valence-electron chi connectivity index (χ0n) is 13.3. The Hall–Kier alpha value is -2.13. The number of rotatable bonds is 2. The summed E-state index contributed by atoms with van der Waals surface area (Å²) in [7, 11) is 0. The molecule has 1 aliphatic rings. The molecule has 0 unspecified atom stereocenters. The fraction of sp³-hybridized carbons (Fsp3) is 0.316. The molecule has 0 bridgehead atoms. The van der Waals surface area contributed by atoms with Gasteiger partial charge in [-0.3, -0.25) is 4.79 Å². The van der Waals surface area contributed by atoms with Gasteiger partial charge in [0.15, 0.2) is 0 Å². The van der Waals surface area contributed by atoms with Crippen molar-refractivity contribution in [3.63, 3.8) is 0 Å². The first kappa shape index (κ1) is 14.8. The average Bonchev–Trinajstić information content (AvgIpc) is 2.83. The van der Waals surface area contributed by atoms with Crippen LogP contribution in [-0.2, 0) is 11.2 Å². The van der Waals surface area contributed by atoms with Crippen molar-refractivity contribution < 1.29 is 4.79 Å². The van der Waals surface area contributed by atoms with Gasteiger partial charge >= 0.3 is 0 Å². The number of carbonyl (C=O) groups is 1. The molecule has 114 valence electrons. The first-order valence-electron chi connectivity index (χ1n) is 7.64. The van der Waals surface area contributed by atoms with Crippen molar-refractivity contribution in [2.45, 2.75) is 33.2 Å². The summed E-state index contributed by atoms with van der Waals surface area (Å²) in [6.07, 6.45) is 0.917. The van der Waals surface area contributed by atoms with Crippen LogP contribution in [0.4, 0.5) is 5.69 Å². The molecule has 3 nitrogen and oxygen atoms in total. The maximum Gasteiger partial charge on any atom is 0.241 e. The van der Waals surface area contributed by atoms with E-state index in [9.17, 15) is 4.79 Å². The van der Waals surface area contributed by atoms with E-state index in [1.165, 1.54) is 22.3 Å². The van der Waals surface area contributed by atoms with Gasteiger partial charge in [0.05, 0.1) is 6.04 Å². The Morgan fingerprint density at radius 2 is 1.77 bits per heavy atom. The molecule has 3 N–H and O–H groups in total. The average molecular weight is 294 g/mol. The van der Waals surface area contributed by atoms with E-state index in [4.69, 9.17) is 5.73 Å². The third-order valence-electron chi connectivity index (χ3n) is 4.28. The van der Waals surface area contributed by atoms with Gasteiger partial charge in [0, 0.05) is 5.69 Å². The van der Waals surface area contributed by atoms with Crippen LogP contribution in [0.2, 0.25) is 0 Å². The summed E-state index contributed by atoms with van der Waals surface area (Å²) in [5.74, 6) is -0.136. The van der Waals surface area contributed by atoms with Crippen LogP contribution in [0.3, 0.4) is 0 Å². The van der Waals surface area contributed by atoms with Gasteiger partial charge in [-0.15, -0.1) is 0 Å². The van der Waals surface area contributed by atoms with E-state index in [1.807, 2.05) is 26.8 Å². The summed E-state index contributed by atoms with van der Waals surface area (Å²) >= 11 is 0. The van der Waals surface area contributed by atoms with Crippen LogP contribution >= 0.6 is 0 Å². The normalized spacial score (nSPS) is 14.2. The van der Waals surface area contributed by atoms with Crippen LogP contribution in [0.15, 0.2) is 42.5 Å². The predicted octanol–water partition coefficient (Wildman–Crippen LogP) is 3.57. The fourth-order valence-electron chi connectivity index (χ4n) is 2.84. The molecular weight excluding hydrogens is 272 g/mol. The minimum Gasteiger partial charge on any atom is -0.325 e. The van der Waals surface area contributed by atoms with Crippen molar-refractivity contribution >= 4 is 11.6 Å². The van der Waals surface area contributed by atoms with Crippen LogP contribution in [-0.4, -0.2) is 11.9 Å². The van der Waals surface area contributed by atoms with E-state index in [-0.39, 0.29) is 11.3 Å². The smallest absolute Gasteiger partial charge is 0.241 e. The second kappa shape index (κ2) is 5.25. The first-order valence-corrected chi connectivity index (χ1v) is 7.64. The lowest BCUT2D eigenvalue weighted by Gasteiger charge is -2.25. The van der Waals surface area contributed by atoms with E-state index < -0.39 is 6.04 Å². The van der Waals surface area contributed by atoms with Crippen LogP contribution < -0.4 is 11.1 Å². The van der Waals surface area contributed by atoms with Gasteiger partial charge in [0.25, 0.3) is 0 Å². The molecule has 0 aliphatic heterocycles. The summed E-state index contributed by atoms with van der Waals surface area (Å²) < 4.78 is 0. The molecule has 1 atom stereocenters. The molecule has 2 aromatic rings. The predicted molar refractivity (Wildman–Crippen MR) is 90.7 cm³/mol. The summed E-state index contributed by atoms with van der Waals surface area (Å²) in [4.78, 5) is 12.2. The van der Waals surface area contributed by atoms with E-state index >= 15 is 0 Å². The summed E-state index contributed by atoms with van der Waals surface area (Å²) in [6.45, 7) is 5.91. The van der Waals surface area contributed by atoms with Crippen LogP contribution in [0.5, 0.6) is 0 Å². The number of nitrogens with one attached hydrogen (secondary N) is 1. The zero-order valence-corrected chi connectivity index (χ0v) is 13.3. The van der Waals surface area contributed by atoms with E-state index in [2.05, 4.69) is 41.7 Å². The monoisotopic (exact) mass is 294 g/mol. The standard InChI is InChI=1S/C19H22N2O/c1-19(2,3)17(20)18(22)21-14-8-9-16-13(11-14)10-12-6-4-5-7-15(12)16/h4-9,11,17H,10,20H2,1-3H3,(H,21,22)/t17-/m1/s1. The van der Waals surface area contributed by atoms with Gasteiger partial charge in [-0.2, -0.15) is 0 Å². The number of nitrogens with two attached hydrogens (primary N) is 1. The summed E-state index contributed by atoms with van der Waals surface area (Å²) in [5.41, 5.74) is 11.7. The fourth-order valence-corrected chi connectivity index (χ4v) is 2.84. The van der Waals surface area contributed by atoms with Crippen molar-refractivity contribution in [2.24, 2.45) is 11.1 Å². The maximum atomic E-state index is 12.2. The molecule has 0 saturated heterocycles. The third-order valence-corrected chi connectivity index (χ3v) is 4.28. The molecule has 3 rings (SSSR count). The molecule has 0 saturated carbocycles. The van der Waals surface area contributed by atoms with Gasteiger partial charge < -0.3 is 11.1 Å². The van der Waals surface area contributed by atoms with Gasteiger partial charge in [0.2, 0.25) is 5.91 Å². The molecular formula is C19H22N2O.